The minimum atomic E-state index is -4.94. The highest BCUT2D eigenvalue weighted by atomic mass is 35.7. The first-order valence-corrected chi connectivity index (χ1v) is 10.6. The molecule has 13 nitrogen and oxygen atoms in total. The third-order valence-corrected chi connectivity index (χ3v) is 4.68. The van der Waals surface area contributed by atoms with Gasteiger partial charge in [-0.25, -0.2) is 23.6 Å². The van der Waals surface area contributed by atoms with Crippen molar-refractivity contribution < 1.29 is 53.4 Å². The van der Waals surface area contributed by atoms with Crippen molar-refractivity contribution in [2.45, 2.75) is 38.4 Å². The van der Waals surface area contributed by atoms with Crippen LogP contribution in [0.25, 0.3) is 11.2 Å². The maximum atomic E-state index is 9.94. The predicted molar refractivity (Wildman–Crippen MR) is 95.2 cm³/mol. The van der Waals surface area contributed by atoms with E-state index in [9.17, 15) is 10.2 Å². The Kier molecular flexibility index (Phi) is 7.43. The van der Waals surface area contributed by atoms with E-state index in [-0.39, 0.29) is 6.61 Å². The molecule has 1 saturated heterocycles. The second-order valence-corrected chi connectivity index (χ2v) is 7.79. The summed E-state index contributed by atoms with van der Waals surface area (Å²) in [4.78, 5) is 14.5. The standard InChI is InChI=1S/C18H21N5O4.ClHO4/c1-11-3-2-4-12(5-11)8-26-23-10-21-18-16(17(23)19)20-9-22(18)15-6-13(25)14(7-24)27-15;2-1(3,4)5/h2-5,9-10,13-15,19,24-25H,6-8H2,1H3;(H,2,3,4,5)/t13-,14+,15+;/m0./s1. The lowest BCUT2D eigenvalue weighted by molar-refractivity contribution is -2.00. The number of anilines is 1. The maximum absolute atomic E-state index is 9.94. The number of aliphatic hydroxyl groups is 2. The van der Waals surface area contributed by atoms with Crippen molar-refractivity contribution in [3.63, 3.8) is 0 Å². The van der Waals surface area contributed by atoms with Crippen molar-refractivity contribution in [2.75, 3.05) is 12.3 Å². The molecule has 0 spiro atoms. The summed E-state index contributed by atoms with van der Waals surface area (Å²) in [5, 5.41) is 19.2. The van der Waals surface area contributed by atoms with Gasteiger partial charge in [0, 0.05) is 6.42 Å². The molecule has 2 aromatic heterocycles. The Hall–Kier alpha value is -2.62. The molecule has 32 heavy (non-hydrogen) atoms. The normalized spacial score (nSPS) is 20.8. The summed E-state index contributed by atoms with van der Waals surface area (Å²) < 4.78 is 42.7. The van der Waals surface area contributed by atoms with Gasteiger partial charge in [0.15, 0.2) is 6.61 Å². The first-order valence-electron chi connectivity index (χ1n) is 9.34. The number of nitrogens with two attached hydrogens (primary N) is 1. The van der Waals surface area contributed by atoms with Crippen LogP contribution in [0.5, 0.6) is 0 Å². The number of ether oxygens (including phenoxy) is 1. The third kappa shape index (κ3) is 5.99. The lowest BCUT2D eigenvalue weighted by Gasteiger charge is -2.17. The van der Waals surface area contributed by atoms with E-state index in [4.69, 9.17) is 33.9 Å². The SMILES string of the molecule is Cc1cccc(CO[n+]2cnc3c(ncn3[C@H]3C[C@H](O)[C@@H](CO)O3)c2N)c1.[O-][Cl+3]([O-])([O-])[O-]. The predicted octanol–water partition coefficient (Wildman–Crippen LogP) is -4.88. The highest BCUT2D eigenvalue weighted by Gasteiger charge is 2.36. The molecule has 4 rings (SSSR count). The van der Waals surface area contributed by atoms with Crippen molar-refractivity contribution in [1.29, 1.82) is 0 Å². The Morgan fingerprint density at radius 3 is 2.66 bits per heavy atom. The van der Waals surface area contributed by atoms with Crippen molar-refractivity contribution >= 4 is 17.0 Å². The Balaban J connectivity index is 0.000000523. The summed E-state index contributed by atoms with van der Waals surface area (Å²) in [6.45, 7) is 2.13. The van der Waals surface area contributed by atoms with Crippen LogP contribution in [0, 0.1) is 17.2 Å². The molecule has 0 saturated carbocycles. The van der Waals surface area contributed by atoms with Crippen LogP contribution in [0.4, 0.5) is 5.82 Å². The number of aliphatic hydroxyl groups excluding tert-OH is 2. The molecule has 1 aromatic carbocycles. The summed E-state index contributed by atoms with van der Waals surface area (Å²) in [7, 11) is -4.94. The molecular weight excluding hydrogens is 450 g/mol. The smallest absolute Gasteiger partial charge is 0.289 e. The molecule has 3 aromatic rings. The van der Waals surface area contributed by atoms with Gasteiger partial charge in [-0.05, 0) is 12.5 Å². The molecule has 4 N–H and O–H groups in total. The number of imidazole rings is 1. The van der Waals surface area contributed by atoms with Gasteiger partial charge in [0.05, 0.1) is 12.7 Å². The Labute approximate surface area is 184 Å². The molecule has 0 bridgehead atoms. The maximum Gasteiger partial charge on any atom is 0.289 e. The summed E-state index contributed by atoms with van der Waals surface area (Å²) >= 11 is 0. The van der Waals surface area contributed by atoms with Crippen LogP contribution < -0.4 is 33.9 Å². The van der Waals surface area contributed by atoms with Gasteiger partial charge in [-0.2, -0.15) is 0 Å². The fraction of sp³-hybridized carbons (Fsp3) is 0.389. The third-order valence-electron chi connectivity index (χ3n) is 4.68. The number of hydrogen-bond donors (Lipinski definition) is 3. The number of benzene rings is 1. The molecule has 3 atom stereocenters. The average molecular weight is 472 g/mol. The van der Waals surface area contributed by atoms with E-state index in [1.54, 1.807) is 10.9 Å². The second-order valence-electron chi connectivity index (χ2n) is 7.03. The van der Waals surface area contributed by atoms with Gasteiger partial charge >= 0.3 is 0 Å². The highest BCUT2D eigenvalue weighted by Crippen LogP contribution is 2.30. The topological polar surface area (TPSA) is 212 Å². The number of hydrogen-bond acceptors (Lipinski definition) is 11. The highest BCUT2D eigenvalue weighted by molar-refractivity contribution is 5.79. The van der Waals surface area contributed by atoms with Crippen LogP contribution in [-0.2, 0) is 11.3 Å². The molecule has 3 heterocycles. The van der Waals surface area contributed by atoms with Gasteiger partial charge in [0.2, 0.25) is 11.2 Å². The summed E-state index contributed by atoms with van der Waals surface area (Å²) in [6.07, 6.45) is 1.59. The first kappa shape index (κ1) is 24.0. The minimum Gasteiger partial charge on any atom is -0.394 e. The minimum absolute atomic E-state index is 0.243. The van der Waals surface area contributed by atoms with Crippen molar-refractivity contribution in [3.8, 4) is 0 Å². The molecular formula is C18H22ClN5O8. The molecule has 1 fully saturated rings. The Morgan fingerprint density at radius 2 is 2.03 bits per heavy atom. The van der Waals surface area contributed by atoms with Crippen molar-refractivity contribution in [2.24, 2.45) is 0 Å². The van der Waals surface area contributed by atoms with Crippen LogP contribution in [0.2, 0.25) is 0 Å². The second kappa shape index (κ2) is 9.89. The molecule has 1 aliphatic heterocycles. The van der Waals surface area contributed by atoms with Gasteiger partial charge in [0.1, 0.15) is 18.7 Å². The number of nitrogens with zero attached hydrogens (tertiary/aromatic N) is 4. The lowest BCUT2D eigenvalue weighted by atomic mass is 10.1. The van der Waals surface area contributed by atoms with E-state index in [2.05, 4.69) is 9.97 Å². The monoisotopic (exact) mass is 471 g/mol. The summed E-state index contributed by atoms with van der Waals surface area (Å²) in [5.74, 6) is 0.323. The van der Waals surface area contributed by atoms with Crippen LogP contribution >= 0.6 is 0 Å². The number of halogens is 1. The first-order chi connectivity index (χ1) is 15.1. The molecule has 0 amide bonds. The molecule has 14 heteroatoms. The van der Waals surface area contributed by atoms with Gasteiger partial charge in [-0.15, -0.1) is 10.2 Å². The average Bonchev–Trinajstić information content (AvgIpc) is 3.30. The molecule has 174 valence electrons. The largest absolute Gasteiger partial charge is 0.394 e. The van der Waals surface area contributed by atoms with E-state index in [0.717, 1.165) is 11.1 Å². The van der Waals surface area contributed by atoms with E-state index in [1.807, 2.05) is 31.2 Å². The molecule has 1 aliphatic rings. The zero-order chi connectivity index (χ0) is 23.5. The Morgan fingerprint density at radius 1 is 1.31 bits per heavy atom. The number of aryl methyl sites for hydroxylation is 1. The number of fused-ring (bicyclic) bond motifs is 1. The fourth-order valence-corrected chi connectivity index (χ4v) is 3.25. The number of nitrogen functional groups attached to an aromatic ring is 1. The van der Waals surface area contributed by atoms with E-state index < -0.39 is 28.7 Å². The Bertz CT molecular complexity index is 1050. The van der Waals surface area contributed by atoms with Crippen molar-refractivity contribution in [1.82, 2.24) is 14.5 Å². The summed E-state index contributed by atoms with van der Waals surface area (Å²) in [6, 6.07) is 8.01. The zero-order valence-electron chi connectivity index (χ0n) is 16.9. The van der Waals surface area contributed by atoms with E-state index in [0.29, 0.717) is 30.0 Å². The zero-order valence-corrected chi connectivity index (χ0v) is 17.7. The molecule has 0 radical (unpaired) electrons. The quantitative estimate of drug-likeness (QED) is 0.300. The fourth-order valence-electron chi connectivity index (χ4n) is 3.25. The van der Waals surface area contributed by atoms with Gasteiger partial charge in [-0.3, -0.25) is 4.57 Å². The number of aromatic nitrogens is 4. The van der Waals surface area contributed by atoms with E-state index >= 15 is 0 Å². The van der Waals surface area contributed by atoms with Crippen molar-refractivity contribution in [3.05, 3.63) is 48.0 Å². The lowest BCUT2D eigenvalue weighted by Crippen LogP contribution is -2.68. The van der Waals surface area contributed by atoms with Gasteiger partial charge < -0.3 is 25.5 Å². The van der Waals surface area contributed by atoms with Crippen LogP contribution in [-0.4, -0.2) is 43.6 Å². The van der Waals surface area contributed by atoms with Crippen LogP contribution in [0.3, 0.4) is 0 Å². The van der Waals surface area contributed by atoms with Gasteiger partial charge in [0.25, 0.3) is 12.1 Å². The van der Waals surface area contributed by atoms with Crippen LogP contribution in [0.1, 0.15) is 23.8 Å². The number of rotatable bonds is 5. The molecule has 0 aliphatic carbocycles. The molecule has 0 unspecified atom stereocenters. The van der Waals surface area contributed by atoms with Crippen LogP contribution in [0.15, 0.2) is 36.9 Å². The van der Waals surface area contributed by atoms with E-state index in [1.165, 1.54) is 11.1 Å². The van der Waals surface area contributed by atoms with Gasteiger partial charge in [-0.1, -0.05) is 39.5 Å². The summed E-state index contributed by atoms with van der Waals surface area (Å²) in [5.41, 5.74) is 9.38.